The van der Waals surface area contributed by atoms with Gasteiger partial charge in [-0.3, -0.25) is 4.79 Å². The summed E-state index contributed by atoms with van der Waals surface area (Å²) in [6.07, 6.45) is 8.41. The molecular formula is C19H27NO2Si2. The second kappa shape index (κ2) is 4.71. The van der Waals surface area contributed by atoms with E-state index in [1.807, 2.05) is 0 Å². The maximum Gasteiger partial charge on any atom is 0.228 e. The van der Waals surface area contributed by atoms with Crippen LogP contribution in [0.25, 0.3) is 6.08 Å². The highest BCUT2D eigenvalue weighted by Gasteiger charge is 2.80. The zero-order valence-corrected chi connectivity index (χ0v) is 17.1. The minimum atomic E-state index is -1.98. The Bertz CT molecular complexity index is 755. The minimum Gasteiger partial charge on any atom is -0.455 e. The lowest BCUT2D eigenvalue weighted by atomic mass is 9.74. The molecule has 0 aromatic heterocycles. The molecule has 1 aromatic carbocycles. The van der Waals surface area contributed by atoms with Crippen LogP contribution in [0, 0.1) is 0 Å². The van der Waals surface area contributed by atoms with Crippen molar-refractivity contribution in [3.63, 3.8) is 0 Å². The number of amides is 1. The third-order valence-corrected chi connectivity index (χ3v) is 20.3. The van der Waals surface area contributed by atoms with Gasteiger partial charge in [0.1, 0.15) is 0 Å². The molecule has 1 aliphatic heterocycles. The van der Waals surface area contributed by atoms with Crippen LogP contribution in [0.4, 0.5) is 0 Å². The van der Waals surface area contributed by atoms with E-state index in [9.17, 15) is 4.79 Å². The number of hydrogen-bond acceptors (Lipinski definition) is 2. The average molecular weight is 358 g/mol. The number of nitrogens with two attached hydrogens (primary N) is 1. The first-order chi connectivity index (χ1) is 11.2. The molecule has 1 amide bonds. The summed E-state index contributed by atoms with van der Waals surface area (Å²) in [5, 5.41) is 0. The summed E-state index contributed by atoms with van der Waals surface area (Å²) in [4.78, 5) is 13.1. The average Bonchev–Trinajstić information content (AvgIpc) is 3.12. The molecule has 1 heterocycles. The van der Waals surface area contributed by atoms with Gasteiger partial charge in [0.25, 0.3) is 0 Å². The van der Waals surface area contributed by atoms with Crippen molar-refractivity contribution in [3.05, 3.63) is 41.0 Å². The van der Waals surface area contributed by atoms with Gasteiger partial charge in [-0.15, -0.1) is 0 Å². The van der Waals surface area contributed by atoms with Gasteiger partial charge in [-0.05, 0) is 62.1 Å². The third-order valence-electron chi connectivity index (χ3n) is 7.10. The fourth-order valence-electron chi connectivity index (χ4n) is 6.66. The summed E-state index contributed by atoms with van der Waals surface area (Å²) >= 11 is 0. The number of primary amides is 1. The van der Waals surface area contributed by atoms with Crippen molar-refractivity contribution in [2.75, 3.05) is 0 Å². The first kappa shape index (κ1) is 16.3. The molecular weight excluding hydrogens is 330 g/mol. The molecule has 3 aliphatic rings. The van der Waals surface area contributed by atoms with Gasteiger partial charge in [-0.1, -0.05) is 36.8 Å². The van der Waals surface area contributed by atoms with Crippen molar-refractivity contribution in [3.8, 4) is 0 Å². The van der Waals surface area contributed by atoms with Crippen LogP contribution in [-0.2, 0) is 20.7 Å². The normalized spacial score (nSPS) is 31.0. The fraction of sp³-hybridized carbons (Fsp3) is 0.526. The molecule has 0 bridgehead atoms. The number of carbonyl (C=O) groups excluding carboxylic acids is 1. The van der Waals surface area contributed by atoms with Crippen molar-refractivity contribution >= 4 is 28.6 Å². The molecule has 1 saturated heterocycles. The van der Waals surface area contributed by atoms with E-state index in [-0.39, 0.29) is 10.6 Å². The van der Waals surface area contributed by atoms with Crippen molar-refractivity contribution in [2.24, 2.45) is 5.73 Å². The van der Waals surface area contributed by atoms with E-state index in [0.29, 0.717) is 0 Å². The van der Waals surface area contributed by atoms with E-state index in [0.717, 1.165) is 25.7 Å². The first-order valence-corrected chi connectivity index (χ1v) is 14.8. The zero-order chi connectivity index (χ0) is 17.4. The molecule has 2 aliphatic carbocycles. The summed E-state index contributed by atoms with van der Waals surface area (Å²) in [6, 6.07) is 6.46. The Morgan fingerprint density at radius 3 is 2.50 bits per heavy atom. The number of allylic oxidation sites excluding steroid dienone is 1. The quantitative estimate of drug-likeness (QED) is 0.817. The van der Waals surface area contributed by atoms with Crippen LogP contribution >= 0.6 is 0 Å². The Labute approximate surface area is 146 Å². The van der Waals surface area contributed by atoms with E-state index in [1.165, 1.54) is 16.7 Å². The highest BCUT2D eigenvalue weighted by molar-refractivity contribution is 7.07. The van der Waals surface area contributed by atoms with Crippen LogP contribution in [0.2, 0.25) is 30.8 Å². The highest BCUT2D eigenvalue weighted by atomic mass is 28.5. The molecule has 1 spiro atoms. The molecule has 2 fully saturated rings. The van der Waals surface area contributed by atoms with Gasteiger partial charge in [0.05, 0.1) is 5.41 Å². The predicted molar refractivity (Wildman–Crippen MR) is 103 cm³/mol. The molecule has 5 heteroatoms. The maximum atomic E-state index is 13.1. The van der Waals surface area contributed by atoms with Gasteiger partial charge < -0.3 is 9.85 Å². The Kier molecular flexibility index (Phi) is 3.20. The van der Waals surface area contributed by atoms with E-state index in [2.05, 4.69) is 56.5 Å². The fourth-order valence-corrected chi connectivity index (χ4v) is 23.0. The number of benzene rings is 1. The van der Waals surface area contributed by atoms with E-state index in [4.69, 9.17) is 9.85 Å². The first-order valence-electron chi connectivity index (χ1n) is 8.99. The van der Waals surface area contributed by atoms with Crippen molar-refractivity contribution in [1.82, 2.24) is 0 Å². The molecule has 1 atom stereocenters. The molecule has 4 rings (SSSR count). The Morgan fingerprint density at radius 2 is 1.88 bits per heavy atom. The third kappa shape index (κ3) is 1.59. The van der Waals surface area contributed by atoms with Crippen LogP contribution in [0.5, 0.6) is 0 Å². The van der Waals surface area contributed by atoms with Gasteiger partial charge in [0, 0.05) is 4.66 Å². The van der Waals surface area contributed by atoms with Crippen LogP contribution < -0.4 is 5.73 Å². The number of fused-ring (bicyclic) bond motifs is 1. The van der Waals surface area contributed by atoms with E-state index in [1.54, 1.807) is 0 Å². The van der Waals surface area contributed by atoms with Crippen LogP contribution in [0.15, 0.2) is 24.3 Å². The Morgan fingerprint density at radius 1 is 1.17 bits per heavy atom. The molecule has 1 unspecified atom stereocenters. The molecule has 3 nitrogen and oxygen atoms in total. The van der Waals surface area contributed by atoms with Crippen LogP contribution in [0.3, 0.4) is 0 Å². The zero-order valence-electron chi connectivity index (χ0n) is 15.1. The summed E-state index contributed by atoms with van der Waals surface area (Å²) < 4.78 is 6.55. The SMILES string of the molecule is C[Si]1(C)O[Si](C)(C)C12CCCC2(C(N)=O)c1cccc2c1C=CC2. The summed E-state index contributed by atoms with van der Waals surface area (Å²) in [5.41, 5.74) is 9.43. The minimum absolute atomic E-state index is 0.00435. The number of rotatable bonds is 2. The summed E-state index contributed by atoms with van der Waals surface area (Å²) in [6.45, 7) is 9.20. The molecule has 2 N–H and O–H groups in total. The molecule has 0 radical (unpaired) electrons. The monoisotopic (exact) mass is 357 g/mol. The summed E-state index contributed by atoms with van der Waals surface area (Å²) in [5.74, 6) is -0.127. The molecule has 24 heavy (non-hydrogen) atoms. The maximum absolute atomic E-state index is 13.1. The second-order valence-electron chi connectivity index (χ2n) is 8.64. The lowest BCUT2D eigenvalue weighted by Crippen LogP contribution is -2.80. The Hall–Kier alpha value is -1.18. The molecule has 1 aromatic rings. The summed E-state index contributed by atoms with van der Waals surface area (Å²) in [7, 11) is -3.96. The molecule has 1 saturated carbocycles. The topological polar surface area (TPSA) is 52.3 Å². The predicted octanol–water partition coefficient (Wildman–Crippen LogP) is 3.88. The highest BCUT2D eigenvalue weighted by Crippen LogP contribution is 2.74. The van der Waals surface area contributed by atoms with Crippen molar-refractivity contribution in [2.45, 2.75) is 61.9 Å². The standard InChI is InChI=1S/C19H27NO2Si2/c1-23(2)19(24(3,4)22-23)13-7-12-18(19,17(20)21)16-11-6-9-14-8-5-10-15(14)16/h5-6,9-11H,7-8,12-13H2,1-4H3,(H2,20,21). The smallest absolute Gasteiger partial charge is 0.228 e. The van der Waals surface area contributed by atoms with Gasteiger partial charge >= 0.3 is 0 Å². The van der Waals surface area contributed by atoms with E-state index >= 15 is 0 Å². The lowest BCUT2D eigenvalue weighted by molar-refractivity contribution is -0.124. The van der Waals surface area contributed by atoms with Crippen molar-refractivity contribution in [1.29, 1.82) is 0 Å². The second-order valence-corrected chi connectivity index (χ2v) is 17.7. The van der Waals surface area contributed by atoms with Gasteiger partial charge in [0.2, 0.25) is 5.91 Å². The van der Waals surface area contributed by atoms with Crippen LogP contribution in [-0.4, -0.2) is 22.5 Å². The molecule has 128 valence electrons. The number of carbonyl (C=O) groups is 1. The van der Waals surface area contributed by atoms with Gasteiger partial charge in [0.15, 0.2) is 16.6 Å². The lowest BCUT2D eigenvalue weighted by Gasteiger charge is -2.69. The number of hydrogen-bond donors (Lipinski definition) is 1. The van der Waals surface area contributed by atoms with Crippen molar-refractivity contribution < 1.29 is 8.91 Å². The largest absolute Gasteiger partial charge is 0.455 e. The Balaban J connectivity index is 2.04. The van der Waals surface area contributed by atoms with Gasteiger partial charge in [-0.2, -0.15) is 0 Å². The van der Waals surface area contributed by atoms with Gasteiger partial charge in [-0.25, -0.2) is 0 Å². The van der Waals surface area contributed by atoms with E-state index < -0.39 is 22.0 Å². The van der Waals surface area contributed by atoms with Crippen LogP contribution in [0.1, 0.15) is 36.0 Å².